The van der Waals surface area contributed by atoms with Crippen LogP contribution >= 0.6 is 0 Å². The van der Waals surface area contributed by atoms with E-state index in [1.165, 1.54) is 0 Å². The first-order valence-electron chi connectivity index (χ1n) is 11.1. The summed E-state index contributed by atoms with van der Waals surface area (Å²) in [4.78, 5) is 14.8. The molecule has 2 fully saturated rings. The molecule has 5 heteroatoms. The van der Waals surface area contributed by atoms with Gasteiger partial charge in [0.1, 0.15) is 6.61 Å². The van der Waals surface area contributed by atoms with Crippen molar-refractivity contribution in [1.82, 2.24) is 10.2 Å². The number of ether oxygens (including phenoxy) is 1. The van der Waals surface area contributed by atoms with Gasteiger partial charge in [-0.3, -0.25) is 0 Å². The largest absolute Gasteiger partial charge is 0.445 e. The summed E-state index contributed by atoms with van der Waals surface area (Å²) >= 11 is 0. The van der Waals surface area contributed by atoms with Crippen molar-refractivity contribution < 1.29 is 14.6 Å². The van der Waals surface area contributed by atoms with E-state index >= 15 is 0 Å². The number of hydrogen-bond donors (Lipinski definition) is 2. The molecular weight excluding hydrogens is 376 g/mol. The fourth-order valence-corrected chi connectivity index (χ4v) is 5.11. The van der Waals surface area contributed by atoms with Gasteiger partial charge in [0.2, 0.25) is 0 Å². The van der Waals surface area contributed by atoms with E-state index in [9.17, 15) is 9.90 Å². The van der Waals surface area contributed by atoms with Gasteiger partial charge in [0.05, 0.1) is 12.6 Å². The van der Waals surface area contributed by atoms with Crippen LogP contribution < -0.4 is 5.32 Å². The van der Waals surface area contributed by atoms with Crippen molar-refractivity contribution in [2.75, 3.05) is 6.61 Å². The summed E-state index contributed by atoms with van der Waals surface area (Å²) in [6, 6.07) is 20.7. The van der Waals surface area contributed by atoms with Crippen molar-refractivity contribution in [2.24, 2.45) is 5.92 Å². The second-order valence-corrected chi connectivity index (χ2v) is 8.67. The summed E-state index contributed by atoms with van der Waals surface area (Å²) in [6.07, 6.45) is 3.89. The van der Waals surface area contributed by atoms with Gasteiger partial charge in [0.15, 0.2) is 0 Å². The fraction of sp³-hybridized carbons (Fsp3) is 0.480. The Bertz CT molecular complexity index is 800. The molecule has 2 aliphatic heterocycles. The molecule has 2 aromatic rings. The normalized spacial score (nSPS) is 25.0. The van der Waals surface area contributed by atoms with E-state index in [1.807, 2.05) is 53.4 Å². The van der Waals surface area contributed by atoms with Gasteiger partial charge in [0, 0.05) is 18.1 Å². The van der Waals surface area contributed by atoms with Crippen molar-refractivity contribution in [1.29, 1.82) is 0 Å². The van der Waals surface area contributed by atoms with Crippen LogP contribution in [0.3, 0.4) is 0 Å². The van der Waals surface area contributed by atoms with Crippen LogP contribution in [-0.4, -0.2) is 40.8 Å². The Balaban J connectivity index is 1.33. The Hall–Kier alpha value is -2.37. The fourth-order valence-electron chi connectivity index (χ4n) is 5.11. The second kappa shape index (κ2) is 9.63. The van der Waals surface area contributed by atoms with E-state index in [-0.39, 0.29) is 36.9 Å². The smallest absolute Gasteiger partial charge is 0.410 e. The van der Waals surface area contributed by atoms with E-state index in [1.54, 1.807) is 0 Å². The summed E-state index contributed by atoms with van der Waals surface area (Å²) in [5.74, 6) is 0.485. The summed E-state index contributed by atoms with van der Waals surface area (Å²) in [5.41, 5.74) is 2.12. The molecule has 2 heterocycles. The molecule has 0 spiro atoms. The lowest BCUT2D eigenvalue weighted by atomic mass is 9.85. The molecule has 0 radical (unpaired) electrons. The molecule has 4 rings (SSSR count). The number of rotatable bonds is 7. The molecule has 2 N–H and O–H groups in total. The minimum atomic E-state index is -0.178. The predicted molar refractivity (Wildman–Crippen MR) is 117 cm³/mol. The molecule has 0 saturated carbocycles. The Morgan fingerprint density at radius 3 is 2.27 bits per heavy atom. The number of carbonyl (C=O) groups is 1. The Morgan fingerprint density at radius 1 is 1.07 bits per heavy atom. The third-order valence-corrected chi connectivity index (χ3v) is 6.74. The molecule has 5 nitrogen and oxygen atoms in total. The van der Waals surface area contributed by atoms with Crippen LogP contribution in [0.15, 0.2) is 60.7 Å². The van der Waals surface area contributed by atoms with E-state index in [4.69, 9.17) is 4.74 Å². The summed E-state index contributed by atoms with van der Waals surface area (Å²) in [5, 5.41) is 13.5. The van der Waals surface area contributed by atoms with E-state index in [0.29, 0.717) is 12.5 Å². The van der Waals surface area contributed by atoms with Gasteiger partial charge in [-0.15, -0.1) is 0 Å². The number of amides is 1. The number of nitrogens with one attached hydrogen (secondary N) is 1. The van der Waals surface area contributed by atoms with Crippen LogP contribution in [0.2, 0.25) is 0 Å². The lowest BCUT2D eigenvalue weighted by molar-refractivity contribution is 0.0467. The van der Waals surface area contributed by atoms with Gasteiger partial charge in [-0.2, -0.15) is 0 Å². The Morgan fingerprint density at radius 2 is 1.67 bits per heavy atom. The van der Waals surface area contributed by atoms with Crippen LogP contribution in [0.1, 0.15) is 49.8 Å². The van der Waals surface area contributed by atoms with Gasteiger partial charge in [-0.25, -0.2) is 4.79 Å². The van der Waals surface area contributed by atoms with Gasteiger partial charge in [0.25, 0.3) is 0 Å². The number of fused-ring (bicyclic) bond motifs is 2. The van der Waals surface area contributed by atoms with E-state index in [0.717, 1.165) is 36.8 Å². The minimum absolute atomic E-state index is 0.0623. The SMILES string of the molecule is C[C@@H](N[C@@H](CO)c1ccccc1)C1CC2CCC(C1)N2C(=O)OCc1ccccc1. The molecule has 4 atom stereocenters. The number of nitrogens with zero attached hydrogens (tertiary/aromatic N) is 1. The molecular formula is C25H32N2O3. The third kappa shape index (κ3) is 4.68. The first-order valence-corrected chi connectivity index (χ1v) is 11.1. The minimum Gasteiger partial charge on any atom is -0.445 e. The number of hydrogen-bond acceptors (Lipinski definition) is 4. The maximum atomic E-state index is 12.8. The van der Waals surface area contributed by atoms with Crippen molar-refractivity contribution in [3.05, 3.63) is 71.8 Å². The zero-order chi connectivity index (χ0) is 20.9. The zero-order valence-corrected chi connectivity index (χ0v) is 17.6. The van der Waals surface area contributed by atoms with Crippen LogP contribution in [0.25, 0.3) is 0 Å². The zero-order valence-electron chi connectivity index (χ0n) is 17.6. The Labute approximate surface area is 179 Å². The average molecular weight is 409 g/mol. The van der Waals surface area contributed by atoms with Crippen LogP contribution in [0, 0.1) is 5.92 Å². The monoisotopic (exact) mass is 408 g/mol. The second-order valence-electron chi connectivity index (χ2n) is 8.67. The number of carbonyl (C=O) groups excluding carboxylic acids is 1. The Kier molecular flexibility index (Phi) is 6.70. The van der Waals surface area contributed by atoms with Gasteiger partial charge >= 0.3 is 6.09 Å². The van der Waals surface area contributed by atoms with Gasteiger partial charge in [-0.05, 0) is 49.7 Å². The van der Waals surface area contributed by atoms with E-state index < -0.39 is 0 Å². The van der Waals surface area contributed by atoms with Crippen molar-refractivity contribution in [2.45, 2.75) is 63.4 Å². The molecule has 2 bridgehead atoms. The number of aliphatic hydroxyl groups excluding tert-OH is 1. The molecule has 2 aliphatic rings. The molecule has 2 saturated heterocycles. The maximum Gasteiger partial charge on any atom is 0.410 e. The molecule has 30 heavy (non-hydrogen) atoms. The van der Waals surface area contributed by atoms with E-state index in [2.05, 4.69) is 24.4 Å². The molecule has 0 aliphatic carbocycles. The van der Waals surface area contributed by atoms with Crippen LogP contribution in [0.4, 0.5) is 4.79 Å². The third-order valence-electron chi connectivity index (χ3n) is 6.74. The first kappa shape index (κ1) is 20.9. The number of piperidine rings is 1. The maximum absolute atomic E-state index is 12.8. The highest BCUT2D eigenvalue weighted by atomic mass is 16.6. The number of aliphatic hydroxyl groups is 1. The lowest BCUT2D eigenvalue weighted by Gasteiger charge is -2.41. The standard InChI is InChI=1S/C25H32N2O3/c1-18(26-24(16-28)20-10-6-3-7-11-20)21-14-22-12-13-23(15-21)27(22)25(29)30-17-19-8-4-2-5-9-19/h2-11,18,21-24,26,28H,12-17H2,1H3/t18-,21?,22?,23?,24+/m1/s1. The highest BCUT2D eigenvalue weighted by Gasteiger charge is 2.45. The highest BCUT2D eigenvalue weighted by Crippen LogP contribution is 2.40. The average Bonchev–Trinajstić information content (AvgIpc) is 3.06. The topological polar surface area (TPSA) is 61.8 Å². The molecule has 2 unspecified atom stereocenters. The summed E-state index contributed by atoms with van der Waals surface area (Å²) in [7, 11) is 0. The number of benzene rings is 2. The van der Waals surface area contributed by atoms with Gasteiger partial charge in [-0.1, -0.05) is 60.7 Å². The van der Waals surface area contributed by atoms with Crippen molar-refractivity contribution >= 4 is 6.09 Å². The molecule has 2 aromatic carbocycles. The van der Waals surface area contributed by atoms with Crippen LogP contribution in [-0.2, 0) is 11.3 Å². The summed E-state index contributed by atoms with van der Waals surface area (Å²) < 4.78 is 5.62. The highest BCUT2D eigenvalue weighted by molar-refractivity contribution is 5.69. The van der Waals surface area contributed by atoms with Crippen LogP contribution in [0.5, 0.6) is 0 Å². The molecule has 0 aromatic heterocycles. The van der Waals surface area contributed by atoms with Crippen molar-refractivity contribution in [3.8, 4) is 0 Å². The quantitative estimate of drug-likeness (QED) is 0.718. The molecule has 160 valence electrons. The first-order chi connectivity index (χ1) is 14.7. The van der Waals surface area contributed by atoms with Gasteiger partial charge < -0.3 is 20.1 Å². The molecule has 1 amide bonds. The lowest BCUT2D eigenvalue weighted by Crippen LogP contribution is -2.50. The summed E-state index contributed by atoms with van der Waals surface area (Å²) in [6.45, 7) is 2.61. The predicted octanol–water partition coefficient (Wildman–Crippen LogP) is 4.28. The van der Waals surface area contributed by atoms with Crippen molar-refractivity contribution in [3.63, 3.8) is 0 Å².